The molecular formula is C20H17FN2O3S. The Balaban J connectivity index is 1.41. The molecule has 138 valence electrons. The van der Waals surface area contributed by atoms with E-state index >= 15 is 0 Å². The molecule has 1 fully saturated rings. The molecule has 0 spiro atoms. The van der Waals surface area contributed by atoms with Crippen molar-refractivity contribution in [1.29, 1.82) is 0 Å². The highest BCUT2D eigenvalue weighted by Gasteiger charge is 2.27. The van der Waals surface area contributed by atoms with Crippen LogP contribution in [0.25, 0.3) is 11.3 Å². The third-order valence-corrected chi connectivity index (χ3v) is 5.40. The van der Waals surface area contributed by atoms with Crippen molar-refractivity contribution in [3.8, 4) is 11.3 Å². The maximum Gasteiger partial charge on any atom is 0.289 e. The number of carbonyl (C=O) groups excluding carboxylic acids is 2. The van der Waals surface area contributed by atoms with Gasteiger partial charge in [-0.25, -0.2) is 4.39 Å². The van der Waals surface area contributed by atoms with E-state index in [4.69, 9.17) is 4.42 Å². The first kappa shape index (κ1) is 17.5. The molecule has 27 heavy (non-hydrogen) atoms. The highest BCUT2D eigenvalue weighted by atomic mass is 32.1. The topological polar surface area (TPSA) is 53.8 Å². The molecule has 0 bridgehead atoms. The van der Waals surface area contributed by atoms with Gasteiger partial charge < -0.3 is 14.2 Å². The standard InChI is InChI=1S/C20H17FN2O3S/c21-15-5-2-1-4-14(15)16-7-8-17(26-16)19(24)22-9-11-23(12-10-22)20(25)18-6-3-13-27-18/h1-8,13H,9-12H2. The van der Waals surface area contributed by atoms with Crippen molar-refractivity contribution in [2.24, 2.45) is 0 Å². The summed E-state index contributed by atoms with van der Waals surface area (Å²) in [5.41, 5.74) is 0.322. The summed E-state index contributed by atoms with van der Waals surface area (Å²) >= 11 is 1.41. The van der Waals surface area contributed by atoms with Gasteiger partial charge in [0.05, 0.1) is 10.4 Å². The summed E-state index contributed by atoms with van der Waals surface area (Å²) in [5, 5.41) is 1.87. The van der Waals surface area contributed by atoms with Crippen LogP contribution in [0.4, 0.5) is 4.39 Å². The minimum atomic E-state index is -0.397. The highest BCUT2D eigenvalue weighted by Crippen LogP contribution is 2.25. The molecule has 1 saturated heterocycles. The largest absolute Gasteiger partial charge is 0.451 e. The van der Waals surface area contributed by atoms with E-state index in [0.29, 0.717) is 42.4 Å². The van der Waals surface area contributed by atoms with Gasteiger partial charge in [-0.05, 0) is 35.7 Å². The van der Waals surface area contributed by atoms with Crippen molar-refractivity contribution in [1.82, 2.24) is 9.80 Å². The van der Waals surface area contributed by atoms with Crippen LogP contribution in [0.2, 0.25) is 0 Å². The van der Waals surface area contributed by atoms with Crippen LogP contribution in [0.5, 0.6) is 0 Å². The molecule has 3 heterocycles. The van der Waals surface area contributed by atoms with Gasteiger partial charge in [0.15, 0.2) is 5.76 Å². The normalized spacial score (nSPS) is 14.4. The number of benzene rings is 1. The Morgan fingerprint density at radius 3 is 2.26 bits per heavy atom. The van der Waals surface area contributed by atoms with Gasteiger partial charge in [-0.2, -0.15) is 0 Å². The Bertz CT molecular complexity index is 959. The minimum Gasteiger partial charge on any atom is -0.451 e. The number of halogens is 1. The quantitative estimate of drug-likeness (QED) is 0.691. The molecule has 0 aliphatic carbocycles. The van der Waals surface area contributed by atoms with E-state index in [2.05, 4.69) is 0 Å². The Kier molecular flexibility index (Phi) is 4.77. The van der Waals surface area contributed by atoms with Crippen molar-refractivity contribution in [2.75, 3.05) is 26.2 Å². The number of amides is 2. The third kappa shape index (κ3) is 3.50. The predicted molar refractivity (Wildman–Crippen MR) is 100 cm³/mol. The SMILES string of the molecule is O=C(c1ccc(-c2ccccc2F)o1)N1CCN(C(=O)c2cccs2)CC1. The summed E-state index contributed by atoms with van der Waals surface area (Å²) in [6.07, 6.45) is 0. The Morgan fingerprint density at radius 2 is 1.59 bits per heavy atom. The molecule has 0 atom stereocenters. The van der Waals surface area contributed by atoms with Gasteiger partial charge in [-0.3, -0.25) is 9.59 Å². The first-order valence-electron chi connectivity index (χ1n) is 8.60. The van der Waals surface area contributed by atoms with Crippen molar-refractivity contribution in [2.45, 2.75) is 0 Å². The first-order valence-corrected chi connectivity index (χ1v) is 9.48. The molecule has 7 heteroatoms. The number of nitrogens with zero attached hydrogens (tertiary/aromatic N) is 2. The van der Waals surface area contributed by atoms with Crippen LogP contribution < -0.4 is 0 Å². The van der Waals surface area contributed by atoms with E-state index in [9.17, 15) is 14.0 Å². The molecule has 2 amide bonds. The predicted octanol–water partition coefficient (Wildman–Crippen LogP) is 3.75. The van der Waals surface area contributed by atoms with Crippen LogP contribution in [0.15, 0.2) is 58.3 Å². The zero-order chi connectivity index (χ0) is 18.8. The summed E-state index contributed by atoms with van der Waals surface area (Å²) in [4.78, 5) is 29.2. The molecule has 4 rings (SSSR count). The lowest BCUT2D eigenvalue weighted by Crippen LogP contribution is -2.50. The van der Waals surface area contributed by atoms with E-state index in [1.807, 2.05) is 11.4 Å². The molecule has 1 aliphatic heterocycles. The number of rotatable bonds is 3. The van der Waals surface area contributed by atoms with Crippen LogP contribution in [0, 0.1) is 5.82 Å². The number of piperazine rings is 1. The fourth-order valence-electron chi connectivity index (χ4n) is 3.08. The smallest absolute Gasteiger partial charge is 0.289 e. The Morgan fingerprint density at radius 1 is 0.889 bits per heavy atom. The van der Waals surface area contributed by atoms with Gasteiger partial charge >= 0.3 is 0 Å². The molecule has 0 N–H and O–H groups in total. The lowest BCUT2D eigenvalue weighted by atomic mass is 10.1. The molecule has 1 aliphatic rings. The summed E-state index contributed by atoms with van der Waals surface area (Å²) in [6.45, 7) is 1.82. The van der Waals surface area contributed by atoms with Crippen LogP contribution in [0.1, 0.15) is 20.2 Å². The van der Waals surface area contributed by atoms with Crippen molar-refractivity contribution < 1.29 is 18.4 Å². The minimum absolute atomic E-state index is 0.00284. The lowest BCUT2D eigenvalue weighted by Gasteiger charge is -2.34. The molecule has 3 aromatic rings. The average Bonchev–Trinajstić information content (AvgIpc) is 3.39. The van der Waals surface area contributed by atoms with Gasteiger partial charge in [0, 0.05) is 26.2 Å². The molecule has 0 saturated carbocycles. The molecule has 1 aromatic carbocycles. The number of furan rings is 1. The Hall–Kier alpha value is -2.93. The molecular weight excluding hydrogens is 367 g/mol. The second kappa shape index (κ2) is 7.36. The summed E-state index contributed by atoms with van der Waals surface area (Å²) in [7, 11) is 0. The average molecular weight is 384 g/mol. The monoisotopic (exact) mass is 384 g/mol. The fraction of sp³-hybridized carbons (Fsp3) is 0.200. The van der Waals surface area contributed by atoms with Gasteiger partial charge in [0.25, 0.3) is 11.8 Å². The van der Waals surface area contributed by atoms with Crippen molar-refractivity contribution in [3.05, 3.63) is 70.4 Å². The zero-order valence-electron chi connectivity index (χ0n) is 14.4. The maximum atomic E-state index is 13.9. The fourth-order valence-corrected chi connectivity index (χ4v) is 3.77. The van der Waals surface area contributed by atoms with Crippen molar-refractivity contribution >= 4 is 23.2 Å². The summed E-state index contributed by atoms with van der Waals surface area (Å²) < 4.78 is 19.5. The molecule has 0 unspecified atom stereocenters. The van der Waals surface area contributed by atoms with Crippen LogP contribution >= 0.6 is 11.3 Å². The van der Waals surface area contributed by atoms with Gasteiger partial charge in [0.1, 0.15) is 11.6 Å². The van der Waals surface area contributed by atoms with Crippen LogP contribution in [0.3, 0.4) is 0 Å². The second-order valence-electron chi connectivity index (χ2n) is 6.21. The van der Waals surface area contributed by atoms with Gasteiger partial charge in [-0.15, -0.1) is 11.3 Å². The zero-order valence-corrected chi connectivity index (χ0v) is 15.2. The Labute approximate surface area is 159 Å². The van der Waals surface area contributed by atoms with Crippen LogP contribution in [-0.2, 0) is 0 Å². The number of thiophene rings is 1. The van der Waals surface area contributed by atoms with Gasteiger partial charge in [0.2, 0.25) is 0 Å². The number of carbonyl (C=O) groups is 2. The first-order chi connectivity index (χ1) is 13.1. The molecule has 2 aromatic heterocycles. The number of hydrogen-bond donors (Lipinski definition) is 0. The summed E-state index contributed by atoms with van der Waals surface area (Å²) in [6, 6.07) is 13.1. The van der Waals surface area contributed by atoms with E-state index in [0.717, 1.165) is 0 Å². The van der Waals surface area contributed by atoms with E-state index < -0.39 is 5.82 Å². The van der Waals surface area contributed by atoms with Gasteiger partial charge in [-0.1, -0.05) is 18.2 Å². The highest BCUT2D eigenvalue weighted by molar-refractivity contribution is 7.12. The van der Waals surface area contributed by atoms with E-state index in [1.165, 1.54) is 17.4 Å². The van der Waals surface area contributed by atoms with E-state index in [-0.39, 0.29) is 17.6 Å². The van der Waals surface area contributed by atoms with Crippen molar-refractivity contribution in [3.63, 3.8) is 0 Å². The second-order valence-corrected chi connectivity index (χ2v) is 7.15. The molecule has 5 nitrogen and oxygen atoms in total. The van der Waals surface area contributed by atoms with E-state index in [1.54, 1.807) is 46.2 Å². The summed E-state index contributed by atoms with van der Waals surface area (Å²) in [5.74, 6) is -0.154. The molecule has 0 radical (unpaired) electrons. The maximum absolute atomic E-state index is 13.9. The third-order valence-electron chi connectivity index (χ3n) is 4.54. The van der Waals surface area contributed by atoms with Crippen LogP contribution in [-0.4, -0.2) is 47.8 Å². The number of hydrogen-bond acceptors (Lipinski definition) is 4. The lowest BCUT2D eigenvalue weighted by molar-refractivity contribution is 0.0521.